The highest BCUT2D eigenvalue weighted by Gasteiger charge is 2.30. The van der Waals surface area contributed by atoms with Crippen molar-refractivity contribution in [1.29, 1.82) is 5.26 Å². The number of benzene rings is 1. The van der Waals surface area contributed by atoms with Crippen LogP contribution < -0.4 is 10.2 Å². The molecule has 4 nitrogen and oxygen atoms in total. The molecule has 2 aliphatic rings. The predicted molar refractivity (Wildman–Crippen MR) is 78.6 cm³/mol. The molecule has 0 atom stereocenters. The van der Waals surface area contributed by atoms with Gasteiger partial charge in [0, 0.05) is 30.9 Å². The molecular formula is C16H21N3O. The molecule has 1 aromatic carbocycles. The quantitative estimate of drug-likeness (QED) is 0.877. The molecule has 1 aliphatic carbocycles. The van der Waals surface area contributed by atoms with Crippen molar-refractivity contribution >= 4 is 5.69 Å². The second-order valence-electron chi connectivity index (χ2n) is 5.91. The lowest BCUT2D eigenvalue weighted by molar-refractivity contribution is 0.0562. The molecule has 2 N–H and O–H groups in total. The molecule has 106 valence electrons. The summed E-state index contributed by atoms with van der Waals surface area (Å²) in [4.78, 5) is 2.38. The second kappa shape index (κ2) is 5.82. The Hall–Kier alpha value is -1.57. The Kier molecular flexibility index (Phi) is 3.90. The average molecular weight is 271 g/mol. The van der Waals surface area contributed by atoms with E-state index in [0.29, 0.717) is 17.6 Å². The van der Waals surface area contributed by atoms with Crippen LogP contribution in [0, 0.1) is 11.3 Å². The molecule has 1 saturated heterocycles. The molecular weight excluding hydrogens is 250 g/mol. The zero-order valence-corrected chi connectivity index (χ0v) is 11.6. The fourth-order valence-corrected chi connectivity index (χ4v) is 3.11. The molecule has 0 spiro atoms. The van der Waals surface area contributed by atoms with Gasteiger partial charge in [-0.3, -0.25) is 0 Å². The van der Waals surface area contributed by atoms with E-state index in [1.54, 1.807) is 0 Å². The van der Waals surface area contributed by atoms with Crippen molar-refractivity contribution in [1.82, 2.24) is 5.32 Å². The summed E-state index contributed by atoms with van der Waals surface area (Å²) in [6.45, 7) is 2.11. The standard InChI is InChI=1S/C16H21N3O/c17-11-12-1-3-15(4-2-12)19-7-5-13(6-8-19)18-14-9-16(20)10-14/h1-4,13-14,16,18,20H,5-10H2. The van der Waals surface area contributed by atoms with Gasteiger partial charge in [-0.15, -0.1) is 0 Å². The van der Waals surface area contributed by atoms with E-state index in [2.05, 4.69) is 16.3 Å². The van der Waals surface area contributed by atoms with Crippen molar-refractivity contribution in [3.63, 3.8) is 0 Å². The van der Waals surface area contributed by atoms with Crippen LogP contribution in [-0.4, -0.2) is 36.4 Å². The molecule has 0 amide bonds. The van der Waals surface area contributed by atoms with E-state index in [-0.39, 0.29) is 6.10 Å². The Morgan fingerprint density at radius 2 is 1.75 bits per heavy atom. The predicted octanol–water partition coefficient (Wildman–Crippen LogP) is 1.64. The molecule has 4 heteroatoms. The van der Waals surface area contributed by atoms with Gasteiger partial charge in [-0.1, -0.05) is 0 Å². The zero-order valence-electron chi connectivity index (χ0n) is 11.6. The number of rotatable bonds is 3. The van der Waals surface area contributed by atoms with Gasteiger partial charge < -0.3 is 15.3 Å². The van der Waals surface area contributed by atoms with Gasteiger partial charge in [-0.25, -0.2) is 0 Å². The van der Waals surface area contributed by atoms with Crippen LogP contribution in [0.2, 0.25) is 0 Å². The number of aliphatic hydroxyl groups excluding tert-OH is 1. The lowest BCUT2D eigenvalue weighted by Gasteiger charge is -2.39. The van der Waals surface area contributed by atoms with Crippen molar-refractivity contribution < 1.29 is 5.11 Å². The van der Waals surface area contributed by atoms with Gasteiger partial charge in [0.15, 0.2) is 0 Å². The van der Waals surface area contributed by atoms with E-state index < -0.39 is 0 Å². The van der Waals surface area contributed by atoms with Crippen LogP contribution in [0.5, 0.6) is 0 Å². The van der Waals surface area contributed by atoms with E-state index in [9.17, 15) is 5.11 Å². The third-order valence-corrected chi connectivity index (χ3v) is 4.44. The summed E-state index contributed by atoms with van der Waals surface area (Å²) >= 11 is 0. The van der Waals surface area contributed by atoms with Crippen LogP contribution >= 0.6 is 0 Å². The Morgan fingerprint density at radius 3 is 2.30 bits per heavy atom. The monoisotopic (exact) mass is 271 g/mol. The molecule has 0 radical (unpaired) electrons. The van der Waals surface area contributed by atoms with Gasteiger partial charge in [0.1, 0.15) is 0 Å². The summed E-state index contributed by atoms with van der Waals surface area (Å²) in [5.41, 5.74) is 1.93. The first-order valence-corrected chi connectivity index (χ1v) is 7.44. The maximum absolute atomic E-state index is 9.31. The van der Waals surface area contributed by atoms with Crippen molar-refractivity contribution in [2.75, 3.05) is 18.0 Å². The highest BCUT2D eigenvalue weighted by atomic mass is 16.3. The van der Waals surface area contributed by atoms with Crippen molar-refractivity contribution in [3.05, 3.63) is 29.8 Å². The van der Waals surface area contributed by atoms with Gasteiger partial charge in [-0.05, 0) is 49.9 Å². The first-order valence-electron chi connectivity index (χ1n) is 7.44. The van der Waals surface area contributed by atoms with E-state index in [1.165, 1.54) is 5.69 Å². The molecule has 1 saturated carbocycles. The van der Waals surface area contributed by atoms with Crippen molar-refractivity contribution in [3.8, 4) is 6.07 Å². The van der Waals surface area contributed by atoms with Gasteiger partial charge in [0.25, 0.3) is 0 Å². The molecule has 0 aromatic heterocycles. The Morgan fingerprint density at radius 1 is 1.10 bits per heavy atom. The van der Waals surface area contributed by atoms with Gasteiger partial charge >= 0.3 is 0 Å². The normalized spacial score (nSPS) is 26.9. The highest BCUT2D eigenvalue weighted by molar-refractivity contribution is 5.50. The van der Waals surface area contributed by atoms with Gasteiger partial charge in [0.05, 0.1) is 17.7 Å². The third kappa shape index (κ3) is 2.95. The second-order valence-corrected chi connectivity index (χ2v) is 5.91. The first-order chi connectivity index (χ1) is 9.74. The summed E-state index contributed by atoms with van der Waals surface area (Å²) < 4.78 is 0. The minimum absolute atomic E-state index is 0.0776. The maximum Gasteiger partial charge on any atom is 0.0991 e. The Labute approximate surface area is 120 Å². The van der Waals surface area contributed by atoms with Crippen LogP contribution in [0.15, 0.2) is 24.3 Å². The highest BCUT2D eigenvalue weighted by Crippen LogP contribution is 2.24. The number of hydrogen-bond acceptors (Lipinski definition) is 4. The van der Waals surface area contributed by atoms with Gasteiger partial charge in [-0.2, -0.15) is 5.26 Å². The minimum atomic E-state index is -0.0776. The summed E-state index contributed by atoms with van der Waals surface area (Å²) in [7, 11) is 0. The lowest BCUT2D eigenvalue weighted by atomic mass is 9.88. The number of anilines is 1. The topological polar surface area (TPSA) is 59.3 Å². The van der Waals surface area contributed by atoms with E-state index in [0.717, 1.165) is 38.8 Å². The fraction of sp³-hybridized carbons (Fsp3) is 0.562. The Bertz CT molecular complexity index is 479. The molecule has 2 fully saturated rings. The smallest absolute Gasteiger partial charge is 0.0991 e. The molecule has 1 heterocycles. The fourth-order valence-electron chi connectivity index (χ4n) is 3.11. The average Bonchev–Trinajstić information content (AvgIpc) is 2.47. The van der Waals surface area contributed by atoms with Crippen LogP contribution in [-0.2, 0) is 0 Å². The Balaban J connectivity index is 1.49. The summed E-state index contributed by atoms with van der Waals surface area (Å²) in [6.07, 6.45) is 4.04. The molecule has 3 rings (SSSR count). The minimum Gasteiger partial charge on any atom is -0.393 e. The summed E-state index contributed by atoms with van der Waals surface area (Å²) in [6, 6.07) is 11.1. The van der Waals surface area contributed by atoms with Crippen LogP contribution in [0.1, 0.15) is 31.2 Å². The van der Waals surface area contributed by atoms with E-state index >= 15 is 0 Å². The number of nitrogens with one attached hydrogen (secondary N) is 1. The third-order valence-electron chi connectivity index (χ3n) is 4.44. The van der Waals surface area contributed by atoms with E-state index in [4.69, 9.17) is 5.26 Å². The first kappa shape index (κ1) is 13.4. The number of piperidine rings is 1. The number of nitrogens with zero attached hydrogens (tertiary/aromatic N) is 2. The van der Waals surface area contributed by atoms with Crippen LogP contribution in [0.4, 0.5) is 5.69 Å². The number of hydrogen-bond donors (Lipinski definition) is 2. The SMILES string of the molecule is N#Cc1ccc(N2CCC(NC3CC(O)C3)CC2)cc1. The van der Waals surface area contributed by atoms with Gasteiger partial charge in [0.2, 0.25) is 0 Å². The molecule has 1 aromatic rings. The van der Waals surface area contributed by atoms with Crippen LogP contribution in [0.3, 0.4) is 0 Å². The molecule has 1 aliphatic heterocycles. The summed E-state index contributed by atoms with van der Waals surface area (Å²) in [5, 5.41) is 21.8. The number of aliphatic hydroxyl groups is 1. The largest absolute Gasteiger partial charge is 0.393 e. The molecule has 20 heavy (non-hydrogen) atoms. The molecule has 0 bridgehead atoms. The van der Waals surface area contributed by atoms with Crippen molar-refractivity contribution in [2.24, 2.45) is 0 Å². The van der Waals surface area contributed by atoms with E-state index in [1.807, 2.05) is 24.3 Å². The summed E-state index contributed by atoms with van der Waals surface area (Å²) in [5.74, 6) is 0. The zero-order chi connectivity index (χ0) is 13.9. The van der Waals surface area contributed by atoms with Crippen LogP contribution in [0.25, 0.3) is 0 Å². The molecule has 0 unspecified atom stereocenters. The number of nitriles is 1. The lowest BCUT2D eigenvalue weighted by Crippen LogP contribution is -2.51. The van der Waals surface area contributed by atoms with Crippen molar-refractivity contribution in [2.45, 2.75) is 43.9 Å². The maximum atomic E-state index is 9.31.